The first-order valence-electron chi connectivity index (χ1n) is 7.55. The number of nitrogens with one attached hydrogen (secondary N) is 2. The van der Waals surface area contributed by atoms with E-state index in [9.17, 15) is 4.79 Å². The molecular weight excluding hydrogens is 262 g/mol. The number of amides is 1. The molecule has 2 N–H and O–H groups in total. The lowest BCUT2D eigenvalue weighted by atomic mass is 10.0. The molecule has 4 nitrogen and oxygen atoms in total. The van der Waals surface area contributed by atoms with Crippen molar-refractivity contribution in [2.24, 2.45) is 0 Å². The zero-order chi connectivity index (χ0) is 15.1. The van der Waals surface area contributed by atoms with E-state index in [0.29, 0.717) is 6.42 Å². The van der Waals surface area contributed by atoms with Gasteiger partial charge in [-0.3, -0.25) is 9.89 Å². The van der Waals surface area contributed by atoms with E-state index < -0.39 is 0 Å². The summed E-state index contributed by atoms with van der Waals surface area (Å²) in [6.07, 6.45) is 7.47. The maximum Gasteiger partial charge on any atom is 0.224 e. The molecule has 0 saturated carbocycles. The fraction of sp³-hybridized carbons (Fsp3) is 0.412. The van der Waals surface area contributed by atoms with Gasteiger partial charge < -0.3 is 5.32 Å². The highest BCUT2D eigenvalue weighted by Gasteiger charge is 2.10. The molecule has 0 saturated heterocycles. The number of carbonyl (C=O) groups excluding carboxylic acids is 1. The van der Waals surface area contributed by atoms with Crippen LogP contribution in [0.15, 0.2) is 36.7 Å². The first-order chi connectivity index (χ1) is 10.2. The molecule has 0 radical (unpaired) electrons. The number of aromatic nitrogens is 2. The molecule has 112 valence electrons. The lowest BCUT2D eigenvalue weighted by Crippen LogP contribution is -2.27. The summed E-state index contributed by atoms with van der Waals surface area (Å²) in [6.45, 7) is 4.15. The van der Waals surface area contributed by atoms with E-state index in [-0.39, 0.29) is 11.9 Å². The van der Waals surface area contributed by atoms with Crippen LogP contribution in [0.25, 0.3) is 0 Å². The van der Waals surface area contributed by atoms with E-state index in [4.69, 9.17) is 0 Å². The van der Waals surface area contributed by atoms with Crippen LogP contribution in [0.5, 0.6) is 0 Å². The Labute approximate surface area is 126 Å². The van der Waals surface area contributed by atoms with E-state index in [0.717, 1.165) is 17.5 Å². The van der Waals surface area contributed by atoms with Crippen LogP contribution in [0, 0.1) is 0 Å². The summed E-state index contributed by atoms with van der Waals surface area (Å²) in [5.74, 6) is 0.0324. The molecule has 0 fully saturated rings. The third-order valence-corrected chi connectivity index (χ3v) is 3.60. The molecule has 0 bridgehead atoms. The lowest BCUT2D eigenvalue weighted by Gasteiger charge is -2.12. The summed E-state index contributed by atoms with van der Waals surface area (Å²) in [7, 11) is 0. The van der Waals surface area contributed by atoms with E-state index in [1.807, 2.05) is 19.1 Å². The van der Waals surface area contributed by atoms with Gasteiger partial charge >= 0.3 is 0 Å². The van der Waals surface area contributed by atoms with Crippen molar-refractivity contribution in [3.05, 3.63) is 53.3 Å². The summed E-state index contributed by atoms with van der Waals surface area (Å²) >= 11 is 0. The van der Waals surface area contributed by atoms with Crippen molar-refractivity contribution in [2.45, 2.75) is 45.6 Å². The summed E-state index contributed by atoms with van der Waals surface area (Å²) in [4.78, 5) is 12.0. The Hall–Kier alpha value is -2.10. The van der Waals surface area contributed by atoms with Crippen molar-refractivity contribution >= 4 is 5.91 Å². The molecule has 1 amide bonds. The molecule has 0 aliphatic heterocycles. The van der Waals surface area contributed by atoms with Gasteiger partial charge in [-0.15, -0.1) is 0 Å². The second kappa shape index (κ2) is 7.62. The van der Waals surface area contributed by atoms with Crippen molar-refractivity contribution in [2.75, 3.05) is 0 Å². The van der Waals surface area contributed by atoms with Gasteiger partial charge in [0.05, 0.1) is 18.7 Å². The second-order valence-corrected chi connectivity index (χ2v) is 5.42. The van der Waals surface area contributed by atoms with Crippen molar-refractivity contribution in [3.63, 3.8) is 0 Å². The predicted octanol–water partition coefficient (Wildman–Crippen LogP) is 3.17. The minimum atomic E-state index is -0.0277. The normalized spacial score (nSPS) is 12.1. The SMILES string of the molecule is CCCCc1ccc(CC(=O)NC(C)c2cn[nH]c2)cc1. The third-order valence-electron chi connectivity index (χ3n) is 3.60. The van der Waals surface area contributed by atoms with E-state index in [2.05, 4.69) is 34.6 Å². The molecule has 1 aromatic heterocycles. The van der Waals surface area contributed by atoms with Gasteiger partial charge in [-0.2, -0.15) is 5.10 Å². The standard InChI is InChI=1S/C17H23N3O/c1-3-4-5-14-6-8-15(9-7-14)10-17(21)20-13(2)16-11-18-19-12-16/h6-9,11-13H,3-5,10H2,1-2H3,(H,18,19)(H,20,21). The van der Waals surface area contributed by atoms with Crippen molar-refractivity contribution in [1.82, 2.24) is 15.5 Å². The Morgan fingerprint density at radius 3 is 2.62 bits per heavy atom. The molecule has 1 unspecified atom stereocenters. The van der Waals surface area contributed by atoms with Crippen LogP contribution in [0.4, 0.5) is 0 Å². The van der Waals surface area contributed by atoms with Crippen molar-refractivity contribution < 1.29 is 4.79 Å². The highest BCUT2D eigenvalue weighted by molar-refractivity contribution is 5.79. The maximum absolute atomic E-state index is 12.0. The molecular formula is C17H23N3O. The number of hydrogen-bond donors (Lipinski definition) is 2. The molecule has 0 aliphatic rings. The van der Waals surface area contributed by atoms with Gasteiger partial charge in [0, 0.05) is 11.8 Å². The highest BCUT2D eigenvalue weighted by Crippen LogP contribution is 2.11. The van der Waals surface area contributed by atoms with Crippen LogP contribution in [0.3, 0.4) is 0 Å². The van der Waals surface area contributed by atoms with Gasteiger partial charge in [0.2, 0.25) is 5.91 Å². The molecule has 21 heavy (non-hydrogen) atoms. The van der Waals surface area contributed by atoms with Gasteiger partial charge in [-0.05, 0) is 30.9 Å². The zero-order valence-corrected chi connectivity index (χ0v) is 12.7. The van der Waals surface area contributed by atoms with Crippen LogP contribution in [-0.2, 0) is 17.6 Å². The Bertz CT molecular complexity index is 546. The zero-order valence-electron chi connectivity index (χ0n) is 12.7. The number of carbonyl (C=O) groups is 1. The number of nitrogens with zero attached hydrogens (tertiary/aromatic N) is 1. The van der Waals surface area contributed by atoms with Crippen molar-refractivity contribution in [3.8, 4) is 0 Å². The molecule has 2 aromatic rings. The van der Waals surface area contributed by atoms with Crippen molar-refractivity contribution in [1.29, 1.82) is 0 Å². The molecule has 0 aliphatic carbocycles. The summed E-state index contributed by atoms with van der Waals surface area (Å²) in [5, 5.41) is 9.63. The molecule has 1 aromatic carbocycles. The van der Waals surface area contributed by atoms with Gasteiger partial charge in [-0.25, -0.2) is 0 Å². The van der Waals surface area contributed by atoms with E-state index in [1.165, 1.54) is 18.4 Å². The summed E-state index contributed by atoms with van der Waals surface area (Å²) in [6, 6.07) is 8.32. The topological polar surface area (TPSA) is 57.8 Å². The first-order valence-corrected chi connectivity index (χ1v) is 7.55. The quantitative estimate of drug-likeness (QED) is 0.821. The number of rotatable bonds is 7. The van der Waals surface area contributed by atoms with Crippen LogP contribution in [-0.4, -0.2) is 16.1 Å². The fourth-order valence-corrected chi connectivity index (χ4v) is 2.26. The van der Waals surface area contributed by atoms with Gasteiger partial charge in [-0.1, -0.05) is 37.6 Å². The number of aromatic amines is 1. The van der Waals surface area contributed by atoms with Crippen LogP contribution < -0.4 is 5.32 Å². The number of benzene rings is 1. The average molecular weight is 285 g/mol. The van der Waals surface area contributed by atoms with Gasteiger partial charge in [0.1, 0.15) is 0 Å². The van der Waals surface area contributed by atoms with Crippen LogP contribution in [0.1, 0.15) is 49.4 Å². The largest absolute Gasteiger partial charge is 0.349 e. The third kappa shape index (κ3) is 4.74. The van der Waals surface area contributed by atoms with E-state index in [1.54, 1.807) is 12.4 Å². The summed E-state index contributed by atoms with van der Waals surface area (Å²) < 4.78 is 0. The molecule has 0 spiro atoms. The maximum atomic E-state index is 12.0. The first kappa shape index (κ1) is 15.3. The summed E-state index contributed by atoms with van der Waals surface area (Å²) in [5.41, 5.74) is 3.37. The second-order valence-electron chi connectivity index (χ2n) is 5.42. The Balaban J connectivity index is 1.84. The minimum Gasteiger partial charge on any atom is -0.349 e. The lowest BCUT2D eigenvalue weighted by molar-refractivity contribution is -0.121. The monoisotopic (exact) mass is 285 g/mol. The molecule has 1 heterocycles. The molecule has 2 rings (SSSR count). The fourth-order valence-electron chi connectivity index (χ4n) is 2.26. The van der Waals surface area contributed by atoms with Gasteiger partial charge in [0.15, 0.2) is 0 Å². The smallest absolute Gasteiger partial charge is 0.224 e. The Morgan fingerprint density at radius 1 is 1.29 bits per heavy atom. The number of hydrogen-bond acceptors (Lipinski definition) is 2. The van der Waals surface area contributed by atoms with E-state index >= 15 is 0 Å². The number of unbranched alkanes of at least 4 members (excludes halogenated alkanes) is 1. The average Bonchev–Trinajstić information content (AvgIpc) is 3.01. The number of aryl methyl sites for hydroxylation is 1. The van der Waals surface area contributed by atoms with Crippen LogP contribution >= 0.6 is 0 Å². The minimum absolute atomic E-state index is 0.0277. The molecule has 4 heteroatoms. The van der Waals surface area contributed by atoms with Crippen LogP contribution in [0.2, 0.25) is 0 Å². The predicted molar refractivity (Wildman–Crippen MR) is 83.9 cm³/mol. The highest BCUT2D eigenvalue weighted by atomic mass is 16.1. The van der Waals surface area contributed by atoms with Gasteiger partial charge in [0.25, 0.3) is 0 Å². The Morgan fingerprint density at radius 2 is 2.00 bits per heavy atom. The molecule has 1 atom stereocenters. The Kier molecular flexibility index (Phi) is 5.55. The number of H-pyrrole nitrogens is 1.